The van der Waals surface area contributed by atoms with E-state index in [9.17, 15) is 4.79 Å². The van der Waals surface area contributed by atoms with E-state index in [2.05, 4.69) is 34.7 Å². The van der Waals surface area contributed by atoms with Crippen LogP contribution in [0.4, 0.5) is 10.1 Å². The molecule has 2 N–H and O–H groups in total. The fraction of sp³-hybridized carbons (Fsp3) is 0.542. The predicted octanol–water partition coefficient (Wildman–Crippen LogP) is 2.83. The third-order valence-corrected chi connectivity index (χ3v) is 6.66. The molecule has 3 heterocycles. The second-order valence-corrected chi connectivity index (χ2v) is 9.44. The molecule has 1 aromatic heterocycles. The van der Waals surface area contributed by atoms with Crippen LogP contribution in [0.3, 0.4) is 0 Å². The van der Waals surface area contributed by atoms with Crippen molar-refractivity contribution in [3.05, 3.63) is 33.9 Å². The Balaban J connectivity index is 1.65. The molecule has 1 fully saturated rings. The van der Waals surface area contributed by atoms with Crippen LogP contribution in [0.5, 0.6) is 5.75 Å². The highest BCUT2D eigenvalue weighted by molar-refractivity contribution is 7.80. The average molecular weight is 489 g/mol. The number of nitrogens with zero attached hydrogens (tertiary/aromatic N) is 4. The number of piperazine rings is 1. The Morgan fingerprint density at radius 1 is 1.32 bits per heavy atom. The molecule has 0 radical (unpaired) electrons. The molecule has 1 saturated heterocycles. The lowest BCUT2D eigenvalue weighted by molar-refractivity contribution is 0.245. The van der Waals surface area contributed by atoms with Crippen LogP contribution in [0.25, 0.3) is 10.9 Å². The highest BCUT2D eigenvalue weighted by Gasteiger charge is 2.30. The van der Waals surface area contributed by atoms with Gasteiger partial charge >= 0.3 is 0 Å². The Hall–Kier alpha value is -2.72. The summed E-state index contributed by atoms with van der Waals surface area (Å²) in [5, 5.41) is 7.93. The fourth-order valence-corrected chi connectivity index (χ4v) is 4.58. The van der Waals surface area contributed by atoms with Crippen molar-refractivity contribution in [2.75, 3.05) is 51.3 Å². The number of aromatic nitrogens is 1. The summed E-state index contributed by atoms with van der Waals surface area (Å²) in [5.41, 5.74) is 3.91. The van der Waals surface area contributed by atoms with E-state index in [1.165, 1.54) is 12.3 Å². The molecule has 4 rings (SSSR count). The van der Waals surface area contributed by atoms with Crippen molar-refractivity contribution in [1.82, 2.24) is 20.2 Å². The number of rotatable bonds is 7. The Labute approximate surface area is 204 Å². The zero-order valence-corrected chi connectivity index (χ0v) is 20.9. The number of likely N-dealkylation sites (N-methyl/N-ethyl adjacent to an activating group) is 1. The number of halogens is 1. The third kappa shape index (κ3) is 5.02. The van der Waals surface area contributed by atoms with Gasteiger partial charge in [0.1, 0.15) is 12.3 Å². The molecule has 2 aliphatic heterocycles. The molecule has 0 saturated carbocycles. The standard InChI is InChI=1S/C24H33FN6O2S/c1-4-5-6-7-26-24(34)28-27-13-17-14-31-16(2)15-33-23-20(31)18(22(17)32)12-19(25)21(23)30-10-8-29(3)9-11-30/h12-14,16H,4-11,15H2,1-3H3,(H2,26,28,34)/b27-13+. The summed E-state index contributed by atoms with van der Waals surface area (Å²) in [6.45, 7) is 8.43. The topological polar surface area (TPSA) is 74.1 Å². The molecular weight excluding hydrogens is 455 g/mol. The highest BCUT2D eigenvalue weighted by Crippen LogP contribution is 2.41. The number of anilines is 1. The summed E-state index contributed by atoms with van der Waals surface area (Å²) in [4.78, 5) is 17.5. The van der Waals surface area contributed by atoms with Crippen LogP contribution in [-0.4, -0.2) is 67.2 Å². The maximum Gasteiger partial charge on any atom is 0.198 e. The Kier molecular flexibility index (Phi) is 7.67. The third-order valence-electron chi connectivity index (χ3n) is 6.42. The minimum Gasteiger partial charge on any atom is -0.487 e. The smallest absolute Gasteiger partial charge is 0.198 e. The van der Waals surface area contributed by atoms with Gasteiger partial charge < -0.3 is 24.4 Å². The van der Waals surface area contributed by atoms with Crippen LogP contribution < -0.4 is 25.8 Å². The van der Waals surface area contributed by atoms with Gasteiger partial charge in [0.05, 0.1) is 28.7 Å². The predicted molar refractivity (Wildman–Crippen MR) is 139 cm³/mol. The molecule has 0 spiro atoms. The fourth-order valence-electron chi connectivity index (χ4n) is 4.43. The van der Waals surface area contributed by atoms with Gasteiger partial charge in [-0.25, -0.2) is 4.39 Å². The molecular formula is C24H33FN6O2S. The van der Waals surface area contributed by atoms with Crippen LogP contribution in [-0.2, 0) is 0 Å². The maximum absolute atomic E-state index is 15.4. The zero-order valence-electron chi connectivity index (χ0n) is 20.1. The number of hydrogen-bond acceptors (Lipinski definition) is 6. The molecule has 0 amide bonds. The molecule has 0 bridgehead atoms. The first kappa shape index (κ1) is 24.4. The summed E-state index contributed by atoms with van der Waals surface area (Å²) in [7, 11) is 2.06. The van der Waals surface area contributed by atoms with E-state index in [1.807, 2.05) is 16.4 Å². The van der Waals surface area contributed by atoms with Gasteiger partial charge in [-0.15, -0.1) is 0 Å². The van der Waals surface area contributed by atoms with Gasteiger partial charge in [-0.05, 0) is 38.7 Å². The normalized spacial score (nSPS) is 18.4. The number of hydrazone groups is 1. The van der Waals surface area contributed by atoms with Crippen LogP contribution in [0.2, 0.25) is 0 Å². The minimum absolute atomic E-state index is 0.0113. The monoisotopic (exact) mass is 488 g/mol. The summed E-state index contributed by atoms with van der Waals surface area (Å²) < 4.78 is 23.4. The van der Waals surface area contributed by atoms with Crippen molar-refractivity contribution in [1.29, 1.82) is 0 Å². The van der Waals surface area contributed by atoms with Crippen molar-refractivity contribution in [2.24, 2.45) is 5.10 Å². The quantitative estimate of drug-likeness (QED) is 0.269. The van der Waals surface area contributed by atoms with Crippen molar-refractivity contribution in [3.63, 3.8) is 0 Å². The summed E-state index contributed by atoms with van der Waals surface area (Å²) >= 11 is 5.23. The lowest BCUT2D eigenvalue weighted by atomic mass is 10.1. The van der Waals surface area contributed by atoms with Gasteiger partial charge in [0.15, 0.2) is 22.1 Å². The number of thiocarbonyl (C=S) groups is 1. The van der Waals surface area contributed by atoms with E-state index in [0.29, 0.717) is 52.7 Å². The first-order valence-electron chi connectivity index (χ1n) is 11.9. The molecule has 1 aromatic carbocycles. The van der Waals surface area contributed by atoms with E-state index in [0.717, 1.165) is 38.9 Å². The maximum atomic E-state index is 15.4. The van der Waals surface area contributed by atoms with Crippen molar-refractivity contribution in [2.45, 2.75) is 39.2 Å². The number of hydrogen-bond donors (Lipinski definition) is 2. The van der Waals surface area contributed by atoms with E-state index >= 15 is 4.39 Å². The number of unbranched alkanes of at least 4 members (excludes halogenated alkanes) is 2. The average Bonchev–Trinajstić information content (AvgIpc) is 2.82. The molecule has 34 heavy (non-hydrogen) atoms. The zero-order chi connectivity index (χ0) is 24.2. The van der Waals surface area contributed by atoms with Gasteiger partial charge in [-0.2, -0.15) is 5.10 Å². The van der Waals surface area contributed by atoms with Crippen LogP contribution in [0, 0.1) is 5.82 Å². The lowest BCUT2D eigenvalue weighted by Gasteiger charge is -2.37. The highest BCUT2D eigenvalue weighted by atomic mass is 32.1. The number of ether oxygens (including phenoxy) is 1. The molecule has 0 aliphatic carbocycles. The molecule has 2 aromatic rings. The first-order valence-corrected chi connectivity index (χ1v) is 12.4. The molecule has 2 aliphatic rings. The van der Waals surface area contributed by atoms with E-state index < -0.39 is 5.82 Å². The number of benzene rings is 1. The SMILES string of the molecule is CCCCCNC(=S)N/N=C/c1cn2c3c(c(N4CCN(C)CC4)c(F)cc3c1=O)OCC2C. The van der Waals surface area contributed by atoms with Crippen molar-refractivity contribution >= 4 is 40.1 Å². The second-order valence-electron chi connectivity index (χ2n) is 9.04. The van der Waals surface area contributed by atoms with Gasteiger partial charge in [0, 0.05) is 38.9 Å². The largest absolute Gasteiger partial charge is 0.487 e. The second kappa shape index (κ2) is 10.7. The van der Waals surface area contributed by atoms with E-state index in [4.69, 9.17) is 17.0 Å². The van der Waals surface area contributed by atoms with Gasteiger partial charge in [-0.3, -0.25) is 10.2 Å². The first-order chi connectivity index (χ1) is 16.4. The summed E-state index contributed by atoms with van der Waals surface area (Å²) in [6, 6.07) is 1.33. The Bertz CT molecular complexity index is 1140. The van der Waals surface area contributed by atoms with Gasteiger partial charge in [0.2, 0.25) is 0 Å². The molecule has 8 nitrogen and oxygen atoms in total. The Morgan fingerprint density at radius 2 is 2.09 bits per heavy atom. The molecule has 184 valence electrons. The van der Waals surface area contributed by atoms with E-state index in [1.54, 1.807) is 6.20 Å². The van der Waals surface area contributed by atoms with Crippen LogP contribution in [0.1, 0.15) is 44.7 Å². The number of nitrogens with one attached hydrogen (secondary N) is 2. The van der Waals surface area contributed by atoms with Gasteiger partial charge in [0.25, 0.3) is 0 Å². The van der Waals surface area contributed by atoms with E-state index in [-0.39, 0.29) is 11.5 Å². The van der Waals surface area contributed by atoms with Crippen LogP contribution >= 0.6 is 12.2 Å². The Morgan fingerprint density at radius 3 is 2.82 bits per heavy atom. The van der Waals surface area contributed by atoms with Crippen molar-refractivity contribution < 1.29 is 9.13 Å². The van der Waals surface area contributed by atoms with Crippen LogP contribution in [0.15, 0.2) is 22.2 Å². The van der Waals surface area contributed by atoms with Gasteiger partial charge in [-0.1, -0.05) is 19.8 Å². The lowest BCUT2D eigenvalue weighted by Crippen LogP contribution is -2.45. The number of pyridine rings is 1. The molecule has 1 atom stereocenters. The molecule has 1 unspecified atom stereocenters. The molecule has 10 heteroatoms. The minimum atomic E-state index is -0.435. The van der Waals surface area contributed by atoms with Crippen molar-refractivity contribution in [3.8, 4) is 5.75 Å². The summed E-state index contributed by atoms with van der Waals surface area (Å²) in [6.07, 6.45) is 6.51. The summed E-state index contributed by atoms with van der Waals surface area (Å²) in [5.74, 6) is 0.0174.